The Balaban J connectivity index is 2.01. The third kappa shape index (κ3) is 2.29. The maximum Gasteiger partial charge on any atom is 0.0380 e. The van der Waals surface area contributed by atoms with E-state index in [0.717, 1.165) is 5.92 Å². The van der Waals surface area contributed by atoms with Gasteiger partial charge in [-0.15, -0.1) is 11.3 Å². The van der Waals surface area contributed by atoms with Crippen LogP contribution in [0.3, 0.4) is 0 Å². The Bertz CT molecular complexity index is 598. The number of thiophene rings is 1. The summed E-state index contributed by atoms with van der Waals surface area (Å²) in [4.78, 5) is 0. The predicted octanol–water partition coefficient (Wildman–Crippen LogP) is 4.94. The first-order chi connectivity index (χ1) is 9.50. The van der Waals surface area contributed by atoms with Crippen molar-refractivity contribution in [1.82, 2.24) is 0 Å². The lowest BCUT2D eigenvalue weighted by molar-refractivity contribution is 0.172. The molecular weight excluding hydrogens is 262 g/mol. The molecular formula is C18H25NS. The lowest BCUT2D eigenvalue weighted by Gasteiger charge is -2.43. The lowest BCUT2D eigenvalue weighted by Crippen LogP contribution is -2.45. The molecule has 3 atom stereocenters. The van der Waals surface area contributed by atoms with Crippen molar-refractivity contribution in [2.24, 2.45) is 17.6 Å². The molecule has 0 saturated heterocycles. The van der Waals surface area contributed by atoms with E-state index in [-0.39, 0.29) is 5.41 Å². The average Bonchev–Trinajstić information content (AvgIpc) is 2.85. The highest BCUT2D eigenvalue weighted by atomic mass is 32.1. The van der Waals surface area contributed by atoms with Crippen LogP contribution in [0.5, 0.6) is 0 Å². The van der Waals surface area contributed by atoms with E-state index in [9.17, 15) is 0 Å². The van der Waals surface area contributed by atoms with Gasteiger partial charge in [0.05, 0.1) is 0 Å². The fraction of sp³-hybridized carbons (Fsp3) is 0.556. The van der Waals surface area contributed by atoms with Crippen LogP contribution in [-0.2, 0) is 5.41 Å². The molecule has 1 aliphatic carbocycles. The molecule has 20 heavy (non-hydrogen) atoms. The zero-order chi connectivity index (χ0) is 14.3. The van der Waals surface area contributed by atoms with Crippen molar-refractivity contribution in [2.45, 2.75) is 51.5 Å². The predicted molar refractivity (Wildman–Crippen MR) is 89.3 cm³/mol. The molecule has 1 heterocycles. The molecule has 2 aromatic rings. The van der Waals surface area contributed by atoms with Crippen LogP contribution < -0.4 is 5.73 Å². The molecule has 0 amide bonds. The fourth-order valence-electron chi connectivity index (χ4n) is 4.02. The van der Waals surface area contributed by atoms with Gasteiger partial charge in [-0.3, -0.25) is 0 Å². The number of hydrogen-bond donors (Lipinski definition) is 1. The number of fused-ring (bicyclic) bond motifs is 1. The van der Waals surface area contributed by atoms with Gasteiger partial charge >= 0.3 is 0 Å². The van der Waals surface area contributed by atoms with Gasteiger partial charge in [-0.25, -0.2) is 0 Å². The monoisotopic (exact) mass is 287 g/mol. The van der Waals surface area contributed by atoms with E-state index < -0.39 is 0 Å². The highest BCUT2D eigenvalue weighted by Crippen LogP contribution is 2.44. The van der Waals surface area contributed by atoms with Crippen LogP contribution >= 0.6 is 11.3 Å². The SMILES string of the molecule is CC1CCC(C(C)(C)c2cccc3ccsc23)C(N)C1. The maximum absolute atomic E-state index is 6.52. The molecule has 1 aromatic carbocycles. The van der Waals surface area contributed by atoms with Crippen molar-refractivity contribution in [3.05, 3.63) is 35.2 Å². The quantitative estimate of drug-likeness (QED) is 0.831. The molecule has 0 radical (unpaired) electrons. The van der Waals surface area contributed by atoms with Gasteiger partial charge in [0.2, 0.25) is 0 Å². The average molecular weight is 287 g/mol. The third-order valence-corrected chi connectivity index (χ3v) is 6.23. The zero-order valence-electron chi connectivity index (χ0n) is 12.7. The Morgan fingerprint density at radius 1 is 1.20 bits per heavy atom. The summed E-state index contributed by atoms with van der Waals surface area (Å²) >= 11 is 1.87. The molecule has 1 aromatic heterocycles. The van der Waals surface area contributed by atoms with Gasteiger partial charge in [-0.1, -0.05) is 45.4 Å². The molecule has 2 heteroatoms. The number of benzene rings is 1. The largest absolute Gasteiger partial charge is 0.327 e. The van der Waals surface area contributed by atoms with Gasteiger partial charge in [-0.2, -0.15) is 0 Å². The molecule has 3 rings (SSSR count). The highest BCUT2D eigenvalue weighted by molar-refractivity contribution is 7.17. The molecule has 3 unspecified atom stereocenters. The number of hydrogen-bond acceptors (Lipinski definition) is 2. The minimum atomic E-state index is 0.157. The first kappa shape index (κ1) is 14.1. The molecule has 1 nitrogen and oxygen atoms in total. The highest BCUT2D eigenvalue weighted by Gasteiger charge is 2.39. The lowest BCUT2D eigenvalue weighted by atomic mass is 9.64. The summed E-state index contributed by atoms with van der Waals surface area (Å²) in [7, 11) is 0. The van der Waals surface area contributed by atoms with E-state index in [1.807, 2.05) is 11.3 Å². The van der Waals surface area contributed by atoms with Crippen LogP contribution in [0.2, 0.25) is 0 Å². The summed E-state index contributed by atoms with van der Waals surface area (Å²) < 4.78 is 1.45. The Kier molecular flexibility index (Phi) is 3.64. The minimum absolute atomic E-state index is 0.157. The Hall–Kier alpha value is -0.860. The van der Waals surface area contributed by atoms with E-state index in [1.165, 1.54) is 34.9 Å². The van der Waals surface area contributed by atoms with Crippen LogP contribution in [-0.4, -0.2) is 6.04 Å². The van der Waals surface area contributed by atoms with E-state index in [2.05, 4.69) is 50.4 Å². The minimum Gasteiger partial charge on any atom is -0.327 e. The molecule has 2 N–H and O–H groups in total. The van der Waals surface area contributed by atoms with Gasteiger partial charge in [-0.05, 0) is 52.5 Å². The van der Waals surface area contributed by atoms with Crippen LogP contribution in [0.4, 0.5) is 0 Å². The van der Waals surface area contributed by atoms with Crippen molar-refractivity contribution in [1.29, 1.82) is 0 Å². The summed E-state index contributed by atoms with van der Waals surface area (Å²) in [6, 6.07) is 9.28. The second-order valence-electron chi connectivity index (χ2n) is 7.05. The summed E-state index contributed by atoms with van der Waals surface area (Å²) in [6.07, 6.45) is 3.76. The van der Waals surface area contributed by atoms with Gasteiger partial charge in [0, 0.05) is 10.7 Å². The Morgan fingerprint density at radius 3 is 2.75 bits per heavy atom. The first-order valence-corrected chi connectivity index (χ1v) is 8.60. The molecule has 1 aliphatic rings. The first-order valence-electron chi connectivity index (χ1n) is 7.72. The summed E-state index contributed by atoms with van der Waals surface area (Å²) in [5, 5.41) is 3.57. The molecule has 0 bridgehead atoms. The molecule has 1 saturated carbocycles. The van der Waals surface area contributed by atoms with Crippen molar-refractivity contribution in [3.8, 4) is 0 Å². The van der Waals surface area contributed by atoms with Crippen molar-refractivity contribution >= 4 is 21.4 Å². The van der Waals surface area contributed by atoms with E-state index in [0.29, 0.717) is 12.0 Å². The zero-order valence-corrected chi connectivity index (χ0v) is 13.5. The van der Waals surface area contributed by atoms with Gasteiger partial charge in [0.15, 0.2) is 0 Å². The number of nitrogens with two attached hydrogens (primary N) is 1. The summed E-state index contributed by atoms with van der Waals surface area (Å²) in [6.45, 7) is 7.12. The molecule has 108 valence electrons. The van der Waals surface area contributed by atoms with Gasteiger partial charge in [0.25, 0.3) is 0 Å². The normalized spacial score (nSPS) is 27.9. The Labute approximate surface area is 126 Å². The topological polar surface area (TPSA) is 26.0 Å². The van der Waals surface area contributed by atoms with E-state index in [1.54, 1.807) is 0 Å². The number of rotatable bonds is 2. The molecule has 1 fully saturated rings. The smallest absolute Gasteiger partial charge is 0.0380 e. The van der Waals surface area contributed by atoms with Gasteiger partial charge in [0.1, 0.15) is 0 Å². The van der Waals surface area contributed by atoms with Crippen molar-refractivity contribution in [3.63, 3.8) is 0 Å². The van der Waals surface area contributed by atoms with Gasteiger partial charge < -0.3 is 5.73 Å². The summed E-state index contributed by atoms with van der Waals surface area (Å²) in [5.74, 6) is 1.38. The second-order valence-corrected chi connectivity index (χ2v) is 7.97. The molecule has 0 spiro atoms. The van der Waals surface area contributed by atoms with Crippen LogP contribution in [0.25, 0.3) is 10.1 Å². The van der Waals surface area contributed by atoms with Crippen molar-refractivity contribution in [2.75, 3.05) is 0 Å². The van der Waals surface area contributed by atoms with Crippen LogP contribution in [0, 0.1) is 11.8 Å². The summed E-state index contributed by atoms with van der Waals surface area (Å²) in [5.41, 5.74) is 8.16. The maximum atomic E-state index is 6.52. The molecule has 0 aliphatic heterocycles. The second kappa shape index (κ2) is 5.16. The van der Waals surface area contributed by atoms with Crippen LogP contribution in [0.1, 0.15) is 45.6 Å². The Morgan fingerprint density at radius 2 is 2.00 bits per heavy atom. The van der Waals surface area contributed by atoms with Crippen LogP contribution in [0.15, 0.2) is 29.6 Å². The van der Waals surface area contributed by atoms with E-state index in [4.69, 9.17) is 5.73 Å². The third-order valence-electron chi connectivity index (χ3n) is 5.26. The fourth-order valence-corrected chi connectivity index (χ4v) is 5.10. The van der Waals surface area contributed by atoms with E-state index >= 15 is 0 Å². The van der Waals surface area contributed by atoms with Crippen molar-refractivity contribution < 1.29 is 0 Å². The standard InChI is InChI=1S/C18H25NS/c1-12-7-8-14(16(19)11-12)18(2,3)15-6-4-5-13-9-10-20-17(13)15/h4-6,9-10,12,14,16H,7-8,11,19H2,1-3H3.